The van der Waals surface area contributed by atoms with E-state index in [-0.39, 0.29) is 5.91 Å². The molecule has 5 heteroatoms. The minimum absolute atomic E-state index is 0.167. The highest BCUT2D eigenvalue weighted by molar-refractivity contribution is 5.78. The van der Waals surface area contributed by atoms with Gasteiger partial charge in [-0.15, -0.1) is 0 Å². The summed E-state index contributed by atoms with van der Waals surface area (Å²) in [6, 6.07) is 6.33. The molecule has 114 valence electrons. The van der Waals surface area contributed by atoms with Crippen LogP contribution in [0.25, 0.3) is 0 Å². The Kier molecular flexibility index (Phi) is 4.39. The van der Waals surface area contributed by atoms with Gasteiger partial charge in [0.1, 0.15) is 5.82 Å². The van der Waals surface area contributed by atoms with Crippen molar-refractivity contribution < 1.29 is 4.79 Å². The average Bonchev–Trinajstić information content (AvgIpc) is 3.33. The molecular weight excluding hydrogens is 264 g/mol. The molecule has 1 aromatic rings. The molecule has 0 radical (unpaired) electrons. The van der Waals surface area contributed by atoms with Crippen LogP contribution in [0.3, 0.4) is 0 Å². The van der Waals surface area contributed by atoms with Gasteiger partial charge in [0.05, 0.1) is 6.54 Å². The van der Waals surface area contributed by atoms with Crippen LogP contribution >= 0.6 is 0 Å². The van der Waals surface area contributed by atoms with Gasteiger partial charge < -0.3 is 10.2 Å². The maximum atomic E-state index is 12.0. The smallest absolute Gasteiger partial charge is 0.234 e. The lowest BCUT2D eigenvalue weighted by atomic mass is 10.2. The lowest BCUT2D eigenvalue weighted by molar-refractivity contribution is -0.123. The summed E-state index contributed by atoms with van der Waals surface area (Å²) in [6.07, 6.45) is 4.36. The van der Waals surface area contributed by atoms with Crippen molar-refractivity contribution in [2.75, 3.05) is 37.6 Å². The van der Waals surface area contributed by atoms with Gasteiger partial charge in [-0.2, -0.15) is 0 Å². The Hall–Kier alpha value is -1.62. The Morgan fingerprint density at radius 1 is 1.33 bits per heavy atom. The number of hydrogen-bond donors (Lipinski definition) is 1. The van der Waals surface area contributed by atoms with Crippen molar-refractivity contribution in [1.82, 2.24) is 15.2 Å². The predicted octanol–water partition coefficient (Wildman–Crippen LogP) is 1.12. The zero-order valence-electron chi connectivity index (χ0n) is 12.7. The van der Waals surface area contributed by atoms with Crippen molar-refractivity contribution in [3.8, 4) is 0 Å². The first-order chi connectivity index (χ1) is 10.2. The Labute approximate surface area is 126 Å². The maximum absolute atomic E-state index is 12.0. The Morgan fingerprint density at radius 2 is 2.10 bits per heavy atom. The van der Waals surface area contributed by atoms with E-state index in [0.29, 0.717) is 12.6 Å². The molecule has 0 bridgehead atoms. The number of hydrogen-bond acceptors (Lipinski definition) is 4. The topological polar surface area (TPSA) is 48.5 Å². The third-order valence-electron chi connectivity index (χ3n) is 4.43. The monoisotopic (exact) mass is 288 g/mol. The van der Waals surface area contributed by atoms with Crippen LogP contribution in [-0.2, 0) is 4.79 Å². The van der Waals surface area contributed by atoms with E-state index < -0.39 is 0 Å². The van der Waals surface area contributed by atoms with Crippen LogP contribution in [0.15, 0.2) is 24.4 Å². The molecule has 2 fully saturated rings. The van der Waals surface area contributed by atoms with Crippen molar-refractivity contribution in [2.45, 2.75) is 25.8 Å². The summed E-state index contributed by atoms with van der Waals surface area (Å²) in [5.41, 5.74) is 0. The summed E-state index contributed by atoms with van der Waals surface area (Å²) in [6.45, 7) is 6.34. The highest BCUT2D eigenvalue weighted by atomic mass is 16.2. The highest BCUT2D eigenvalue weighted by Crippen LogP contribution is 2.32. The van der Waals surface area contributed by atoms with Gasteiger partial charge in [-0.3, -0.25) is 9.69 Å². The summed E-state index contributed by atoms with van der Waals surface area (Å²) in [7, 11) is 0. The summed E-state index contributed by atoms with van der Waals surface area (Å²) in [5.74, 6) is 1.92. The molecule has 1 amide bonds. The van der Waals surface area contributed by atoms with E-state index in [0.717, 1.165) is 37.9 Å². The lowest BCUT2D eigenvalue weighted by Crippen LogP contribution is -2.50. The molecule has 2 heterocycles. The zero-order valence-corrected chi connectivity index (χ0v) is 12.7. The van der Waals surface area contributed by atoms with Crippen LogP contribution in [0.4, 0.5) is 5.82 Å². The Balaban J connectivity index is 1.42. The van der Waals surface area contributed by atoms with E-state index in [1.807, 2.05) is 24.4 Å². The molecule has 3 rings (SSSR count). The van der Waals surface area contributed by atoms with E-state index in [2.05, 4.69) is 27.0 Å². The molecule has 0 spiro atoms. The molecular formula is C16H24N4O. The molecule has 1 atom stereocenters. The summed E-state index contributed by atoms with van der Waals surface area (Å²) in [5, 5.41) is 3.13. The molecule has 21 heavy (non-hydrogen) atoms. The Bertz CT molecular complexity index is 466. The number of anilines is 1. The SMILES string of the molecule is C[C@@H](NC(=O)CN1CCN(c2ccccn2)CC1)C1CC1. The van der Waals surface area contributed by atoms with Crippen molar-refractivity contribution in [3.63, 3.8) is 0 Å². The largest absolute Gasteiger partial charge is 0.354 e. The van der Waals surface area contributed by atoms with E-state index in [4.69, 9.17) is 0 Å². The molecule has 1 aromatic heterocycles. The fourth-order valence-corrected chi connectivity index (χ4v) is 2.89. The molecule has 1 aliphatic carbocycles. The van der Waals surface area contributed by atoms with Crippen LogP contribution in [0.5, 0.6) is 0 Å². The zero-order chi connectivity index (χ0) is 14.7. The molecule has 1 saturated carbocycles. The number of rotatable bonds is 5. The fraction of sp³-hybridized carbons (Fsp3) is 0.625. The number of pyridine rings is 1. The number of nitrogens with zero attached hydrogens (tertiary/aromatic N) is 3. The summed E-state index contributed by atoms with van der Waals surface area (Å²) < 4.78 is 0. The van der Waals surface area contributed by atoms with Gasteiger partial charge in [-0.05, 0) is 37.8 Å². The Morgan fingerprint density at radius 3 is 2.71 bits per heavy atom. The second-order valence-electron chi connectivity index (χ2n) is 6.14. The van der Waals surface area contributed by atoms with Crippen LogP contribution < -0.4 is 10.2 Å². The van der Waals surface area contributed by atoms with Gasteiger partial charge in [0, 0.05) is 38.4 Å². The van der Waals surface area contributed by atoms with E-state index in [9.17, 15) is 4.79 Å². The van der Waals surface area contributed by atoms with E-state index in [1.54, 1.807) is 0 Å². The van der Waals surface area contributed by atoms with E-state index in [1.165, 1.54) is 12.8 Å². The number of carbonyl (C=O) groups is 1. The third-order valence-corrected chi connectivity index (χ3v) is 4.43. The van der Waals surface area contributed by atoms with Crippen LogP contribution in [0.1, 0.15) is 19.8 Å². The third kappa shape index (κ3) is 3.94. The van der Waals surface area contributed by atoms with Gasteiger partial charge in [-0.25, -0.2) is 4.98 Å². The number of nitrogens with one attached hydrogen (secondary N) is 1. The lowest BCUT2D eigenvalue weighted by Gasteiger charge is -2.35. The molecule has 1 saturated heterocycles. The quantitative estimate of drug-likeness (QED) is 0.882. The first kappa shape index (κ1) is 14.3. The molecule has 2 aliphatic rings. The number of amides is 1. The van der Waals surface area contributed by atoms with Crippen LogP contribution in [0.2, 0.25) is 0 Å². The first-order valence-corrected chi connectivity index (χ1v) is 7.90. The summed E-state index contributed by atoms with van der Waals surface area (Å²) >= 11 is 0. The number of piperazine rings is 1. The van der Waals surface area contributed by atoms with Crippen molar-refractivity contribution in [3.05, 3.63) is 24.4 Å². The van der Waals surface area contributed by atoms with Crippen molar-refractivity contribution >= 4 is 11.7 Å². The van der Waals surface area contributed by atoms with Gasteiger partial charge in [0.15, 0.2) is 0 Å². The average molecular weight is 288 g/mol. The van der Waals surface area contributed by atoms with Crippen LogP contribution in [0, 0.1) is 5.92 Å². The molecule has 1 aliphatic heterocycles. The highest BCUT2D eigenvalue weighted by Gasteiger charge is 2.29. The van der Waals surface area contributed by atoms with Crippen molar-refractivity contribution in [1.29, 1.82) is 0 Å². The van der Waals surface area contributed by atoms with E-state index >= 15 is 0 Å². The predicted molar refractivity (Wildman–Crippen MR) is 83.2 cm³/mol. The molecule has 0 aromatic carbocycles. The number of aromatic nitrogens is 1. The molecule has 0 unspecified atom stereocenters. The molecule has 5 nitrogen and oxygen atoms in total. The first-order valence-electron chi connectivity index (χ1n) is 7.90. The van der Waals surface area contributed by atoms with Gasteiger partial charge in [0.2, 0.25) is 5.91 Å². The van der Waals surface area contributed by atoms with Gasteiger partial charge in [0.25, 0.3) is 0 Å². The fourth-order valence-electron chi connectivity index (χ4n) is 2.89. The minimum atomic E-state index is 0.167. The second-order valence-corrected chi connectivity index (χ2v) is 6.14. The minimum Gasteiger partial charge on any atom is -0.354 e. The maximum Gasteiger partial charge on any atom is 0.234 e. The van der Waals surface area contributed by atoms with Crippen LogP contribution in [-0.4, -0.2) is 54.6 Å². The second kappa shape index (κ2) is 6.43. The van der Waals surface area contributed by atoms with Crippen molar-refractivity contribution in [2.24, 2.45) is 5.92 Å². The molecule has 1 N–H and O–H groups in total. The van der Waals surface area contributed by atoms with Gasteiger partial charge in [-0.1, -0.05) is 6.07 Å². The van der Waals surface area contributed by atoms with Gasteiger partial charge >= 0.3 is 0 Å². The number of carbonyl (C=O) groups excluding carboxylic acids is 1. The summed E-state index contributed by atoms with van der Waals surface area (Å²) in [4.78, 5) is 20.9. The standard InChI is InChI=1S/C16H24N4O/c1-13(14-5-6-14)18-16(21)12-19-8-10-20(11-9-19)15-4-2-3-7-17-15/h2-4,7,13-14H,5-6,8-12H2,1H3,(H,18,21)/t13-/m1/s1. The normalized spacial score (nSPS) is 21.1.